The van der Waals surface area contributed by atoms with Crippen LogP contribution < -0.4 is 4.90 Å². The quantitative estimate of drug-likeness (QED) is 0.832. The Balaban J connectivity index is 1.85. The summed E-state index contributed by atoms with van der Waals surface area (Å²) in [5, 5.41) is 18.7. The molecule has 1 amide bonds. The van der Waals surface area contributed by atoms with E-state index in [1.165, 1.54) is 17.0 Å². The molecule has 2 aliphatic rings. The first kappa shape index (κ1) is 13.7. The number of anilines is 1. The van der Waals surface area contributed by atoms with E-state index in [9.17, 15) is 19.8 Å². The fraction of sp³-hybridized carbons (Fsp3) is 0.375. The van der Waals surface area contributed by atoms with Gasteiger partial charge in [0.1, 0.15) is 5.75 Å². The molecule has 0 spiro atoms. The van der Waals surface area contributed by atoms with Crippen LogP contribution in [0.4, 0.5) is 5.69 Å². The van der Waals surface area contributed by atoms with E-state index in [0.29, 0.717) is 5.69 Å². The van der Waals surface area contributed by atoms with E-state index in [2.05, 4.69) is 0 Å². The number of aliphatic carboxylic acids is 1. The van der Waals surface area contributed by atoms with Gasteiger partial charge in [-0.15, -0.1) is 0 Å². The Morgan fingerprint density at radius 1 is 1.10 bits per heavy atom. The molecule has 1 aromatic carbocycles. The molecular weight excluding hydrogens is 270 g/mol. The Bertz CT molecular complexity index is 607. The van der Waals surface area contributed by atoms with Gasteiger partial charge in [0, 0.05) is 12.7 Å². The van der Waals surface area contributed by atoms with Gasteiger partial charge < -0.3 is 15.1 Å². The van der Waals surface area contributed by atoms with Crippen molar-refractivity contribution in [3.8, 4) is 5.75 Å². The lowest BCUT2D eigenvalue weighted by Gasteiger charge is -2.28. The summed E-state index contributed by atoms with van der Waals surface area (Å²) in [6, 6.07) is 6.31. The number of hydrogen-bond acceptors (Lipinski definition) is 3. The largest absolute Gasteiger partial charge is 0.508 e. The summed E-state index contributed by atoms with van der Waals surface area (Å²) in [7, 11) is 1.64. The van der Waals surface area contributed by atoms with E-state index in [0.717, 1.165) is 6.42 Å². The van der Waals surface area contributed by atoms with Gasteiger partial charge >= 0.3 is 5.97 Å². The molecule has 3 rings (SSSR count). The van der Waals surface area contributed by atoms with Crippen molar-refractivity contribution in [2.45, 2.75) is 6.42 Å². The molecule has 21 heavy (non-hydrogen) atoms. The minimum atomic E-state index is -0.899. The minimum Gasteiger partial charge on any atom is -0.508 e. The molecule has 0 heterocycles. The maximum Gasteiger partial charge on any atom is 0.307 e. The second-order valence-corrected chi connectivity index (χ2v) is 5.75. The Morgan fingerprint density at radius 3 is 2.24 bits per heavy atom. The van der Waals surface area contributed by atoms with E-state index < -0.39 is 17.8 Å². The maximum absolute atomic E-state index is 12.7. The topological polar surface area (TPSA) is 77.8 Å². The van der Waals surface area contributed by atoms with E-state index in [4.69, 9.17) is 0 Å². The number of nitrogens with zero attached hydrogens (tertiary/aromatic N) is 1. The van der Waals surface area contributed by atoms with Gasteiger partial charge in [0.05, 0.1) is 11.8 Å². The lowest BCUT2D eigenvalue weighted by molar-refractivity contribution is -0.147. The molecule has 2 aliphatic carbocycles. The third-order valence-corrected chi connectivity index (χ3v) is 4.60. The Hall–Kier alpha value is -2.30. The van der Waals surface area contributed by atoms with E-state index in [1.807, 2.05) is 12.2 Å². The monoisotopic (exact) mass is 287 g/mol. The molecule has 2 bridgehead atoms. The third-order valence-electron chi connectivity index (χ3n) is 4.60. The number of benzene rings is 1. The summed E-state index contributed by atoms with van der Waals surface area (Å²) in [6.45, 7) is 0. The van der Waals surface area contributed by atoms with Gasteiger partial charge in [0.15, 0.2) is 0 Å². The van der Waals surface area contributed by atoms with Gasteiger partial charge in [0.25, 0.3) is 0 Å². The molecule has 1 saturated carbocycles. The van der Waals surface area contributed by atoms with Crippen LogP contribution in [0.25, 0.3) is 0 Å². The second kappa shape index (κ2) is 4.91. The molecule has 0 aliphatic heterocycles. The summed E-state index contributed by atoms with van der Waals surface area (Å²) in [4.78, 5) is 25.7. The van der Waals surface area contributed by atoms with Crippen molar-refractivity contribution in [2.24, 2.45) is 23.7 Å². The number of phenolic OH excluding ortho intramolecular Hbond substituents is 1. The number of carboxylic acids is 1. The summed E-state index contributed by atoms with van der Waals surface area (Å²) >= 11 is 0. The van der Waals surface area contributed by atoms with E-state index in [1.54, 1.807) is 19.2 Å². The standard InChI is InChI=1S/C16H17NO4/c1-17(11-4-6-12(18)7-5-11)15(19)13-9-2-3-10(8-9)14(13)16(20)21/h2-7,9-10,13-14,18H,8H2,1H3,(H,20,21). The van der Waals surface area contributed by atoms with Gasteiger partial charge in [-0.2, -0.15) is 0 Å². The molecule has 4 unspecified atom stereocenters. The highest BCUT2D eigenvalue weighted by atomic mass is 16.4. The van der Waals surface area contributed by atoms with Gasteiger partial charge in [-0.1, -0.05) is 12.2 Å². The van der Waals surface area contributed by atoms with Crippen LogP contribution in [0, 0.1) is 23.7 Å². The number of carboxylic acid groups (broad SMARTS) is 1. The molecule has 0 saturated heterocycles. The smallest absolute Gasteiger partial charge is 0.307 e. The van der Waals surface area contributed by atoms with Crippen molar-refractivity contribution in [3.05, 3.63) is 36.4 Å². The average Bonchev–Trinajstić information content (AvgIpc) is 3.07. The lowest BCUT2D eigenvalue weighted by atomic mass is 9.82. The van der Waals surface area contributed by atoms with Crippen molar-refractivity contribution in [2.75, 3.05) is 11.9 Å². The number of phenols is 1. The van der Waals surface area contributed by atoms with Gasteiger partial charge in [-0.3, -0.25) is 9.59 Å². The van der Waals surface area contributed by atoms with Crippen LogP contribution in [0.2, 0.25) is 0 Å². The molecule has 0 radical (unpaired) electrons. The van der Waals surface area contributed by atoms with Crippen LogP contribution in [-0.2, 0) is 9.59 Å². The number of rotatable bonds is 3. The number of carbonyl (C=O) groups excluding carboxylic acids is 1. The first-order valence-electron chi connectivity index (χ1n) is 6.97. The Morgan fingerprint density at radius 2 is 1.67 bits per heavy atom. The van der Waals surface area contributed by atoms with Crippen molar-refractivity contribution >= 4 is 17.6 Å². The van der Waals surface area contributed by atoms with Crippen LogP contribution in [0.15, 0.2) is 36.4 Å². The molecule has 5 nitrogen and oxygen atoms in total. The highest BCUT2D eigenvalue weighted by molar-refractivity contribution is 5.98. The average molecular weight is 287 g/mol. The molecule has 4 atom stereocenters. The summed E-state index contributed by atoms with van der Waals surface area (Å²) in [6.07, 6.45) is 4.64. The van der Waals surface area contributed by atoms with Crippen LogP contribution in [0.5, 0.6) is 5.75 Å². The number of amides is 1. The summed E-state index contributed by atoms with van der Waals surface area (Å²) in [5.74, 6) is -2.10. The molecule has 2 N–H and O–H groups in total. The number of carbonyl (C=O) groups is 2. The lowest BCUT2D eigenvalue weighted by Crippen LogP contribution is -2.41. The molecule has 1 fully saturated rings. The van der Waals surface area contributed by atoms with Gasteiger partial charge in [-0.25, -0.2) is 0 Å². The minimum absolute atomic E-state index is 0.0168. The maximum atomic E-state index is 12.7. The third kappa shape index (κ3) is 2.18. The number of aromatic hydroxyl groups is 1. The van der Waals surface area contributed by atoms with Crippen LogP contribution in [0.1, 0.15) is 6.42 Å². The number of fused-ring (bicyclic) bond motifs is 2. The number of hydrogen-bond donors (Lipinski definition) is 2. The van der Waals surface area contributed by atoms with E-state index in [-0.39, 0.29) is 23.5 Å². The highest BCUT2D eigenvalue weighted by Crippen LogP contribution is 2.48. The van der Waals surface area contributed by atoms with Gasteiger partial charge in [-0.05, 0) is 42.5 Å². The molecule has 0 aromatic heterocycles. The van der Waals surface area contributed by atoms with Crippen molar-refractivity contribution in [1.29, 1.82) is 0 Å². The Kier molecular flexibility index (Phi) is 3.20. The molecule has 5 heteroatoms. The predicted octanol–water partition coefficient (Wildman–Crippen LogP) is 1.88. The Labute approximate surface area is 122 Å². The van der Waals surface area contributed by atoms with Crippen LogP contribution >= 0.6 is 0 Å². The van der Waals surface area contributed by atoms with Gasteiger partial charge in [0.2, 0.25) is 5.91 Å². The normalized spacial score (nSPS) is 29.6. The zero-order valence-electron chi connectivity index (χ0n) is 11.6. The summed E-state index contributed by atoms with van der Waals surface area (Å²) in [5.41, 5.74) is 0.647. The van der Waals surface area contributed by atoms with Crippen molar-refractivity contribution < 1.29 is 19.8 Å². The zero-order chi connectivity index (χ0) is 15.1. The highest BCUT2D eigenvalue weighted by Gasteiger charge is 2.52. The number of allylic oxidation sites excluding steroid dienone is 2. The zero-order valence-corrected chi connectivity index (χ0v) is 11.6. The second-order valence-electron chi connectivity index (χ2n) is 5.75. The van der Waals surface area contributed by atoms with Crippen LogP contribution in [-0.4, -0.2) is 29.1 Å². The molecule has 1 aromatic rings. The van der Waals surface area contributed by atoms with Crippen molar-refractivity contribution in [1.82, 2.24) is 0 Å². The molecule has 110 valence electrons. The van der Waals surface area contributed by atoms with E-state index >= 15 is 0 Å². The first-order valence-corrected chi connectivity index (χ1v) is 6.97. The first-order chi connectivity index (χ1) is 9.99. The van der Waals surface area contributed by atoms with Crippen molar-refractivity contribution in [3.63, 3.8) is 0 Å². The summed E-state index contributed by atoms with van der Waals surface area (Å²) < 4.78 is 0. The fourth-order valence-electron chi connectivity index (χ4n) is 3.52. The molecular formula is C16H17NO4. The van der Waals surface area contributed by atoms with Crippen LogP contribution in [0.3, 0.4) is 0 Å². The predicted molar refractivity (Wildman–Crippen MR) is 76.9 cm³/mol. The fourth-order valence-corrected chi connectivity index (χ4v) is 3.52. The SMILES string of the molecule is CN(C(=O)C1C2C=CC(C2)C1C(=O)O)c1ccc(O)cc1.